The molecule has 4 nitrogen and oxygen atoms in total. The third-order valence-corrected chi connectivity index (χ3v) is 5.43. The molecule has 0 amide bonds. The van der Waals surface area contributed by atoms with Crippen molar-refractivity contribution in [3.8, 4) is 9.88 Å². The first-order valence-corrected chi connectivity index (χ1v) is 9.16. The van der Waals surface area contributed by atoms with Gasteiger partial charge in [-0.1, -0.05) is 6.07 Å². The van der Waals surface area contributed by atoms with Crippen LogP contribution in [0.2, 0.25) is 0 Å². The van der Waals surface area contributed by atoms with Gasteiger partial charge in [-0.2, -0.15) is 0 Å². The highest BCUT2D eigenvalue weighted by Gasteiger charge is 2.05. The van der Waals surface area contributed by atoms with Gasteiger partial charge in [0.15, 0.2) is 0 Å². The Morgan fingerprint density at radius 1 is 1.17 bits per heavy atom. The summed E-state index contributed by atoms with van der Waals surface area (Å²) in [7, 11) is 1.97. The number of thiophene rings is 1. The molecule has 0 atom stereocenters. The molecule has 0 fully saturated rings. The minimum Gasteiger partial charge on any atom is -0.395 e. The number of aliphatic hydroxyl groups is 1. The molecule has 0 bridgehead atoms. The maximum Gasteiger partial charge on any atom is 0.133 e. The van der Waals surface area contributed by atoms with Crippen molar-refractivity contribution in [2.75, 3.05) is 30.4 Å². The molecule has 3 rings (SSSR count). The van der Waals surface area contributed by atoms with Gasteiger partial charge in [0.05, 0.1) is 23.7 Å². The van der Waals surface area contributed by atoms with Gasteiger partial charge < -0.3 is 15.3 Å². The Bertz CT molecular complexity index is 723. The lowest BCUT2D eigenvalue weighted by molar-refractivity contribution is 0.304. The van der Waals surface area contributed by atoms with Crippen molar-refractivity contribution in [1.29, 1.82) is 0 Å². The van der Waals surface area contributed by atoms with Gasteiger partial charge in [0.1, 0.15) is 5.01 Å². The average Bonchev–Trinajstić information content (AvgIpc) is 3.25. The van der Waals surface area contributed by atoms with Crippen LogP contribution in [0.1, 0.15) is 5.69 Å². The van der Waals surface area contributed by atoms with E-state index < -0.39 is 0 Å². The first-order chi connectivity index (χ1) is 11.3. The molecular weight excluding hydrogens is 326 g/mol. The highest BCUT2D eigenvalue weighted by molar-refractivity contribution is 7.20. The van der Waals surface area contributed by atoms with Crippen LogP contribution in [0.4, 0.5) is 11.4 Å². The van der Waals surface area contributed by atoms with Gasteiger partial charge in [0.2, 0.25) is 0 Å². The van der Waals surface area contributed by atoms with E-state index in [4.69, 9.17) is 5.11 Å². The summed E-state index contributed by atoms with van der Waals surface area (Å²) in [5.41, 5.74) is 3.22. The van der Waals surface area contributed by atoms with Gasteiger partial charge in [0.25, 0.3) is 0 Å². The van der Waals surface area contributed by atoms with Crippen LogP contribution in [0, 0.1) is 0 Å². The minimum absolute atomic E-state index is 0.160. The summed E-state index contributed by atoms with van der Waals surface area (Å²) in [5, 5.41) is 17.6. The zero-order valence-corrected chi connectivity index (χ0v) is 14.5. The zero-order valence-electron chi connectivity index (χ0n) is 12.9. The molecule has 0 saturated heterocycles. The van der Waals surface area contributed by atoms with Gasteiger partial charge in [-0.25, -0.2) is 4.98 Å². The molecule has 0 aliphatic heterocycles. The molecule has 0 unspecified atom stereocenters. The Morgan fingerprint density at radius 3 is 2.70 bits per heavy atom. The van der Waals surface area contributed by atoms with Crippen molar-refractivity contribution in [2.24, 2.45) is 0 Å². The van der Waals surface area contributed by atoms with Crippen molar-refractivity contribution in [3.63, 3.8) is 0 Å². The molecule has 120 valence electrons. The molecule has 6 heteroatoms. The molecule has 0 aliphatic rings. The Labute approximate surface area is 144 Å². The van der Waals surface area contributed by atoms with Crippen LogP contribution in [0.5, 0.6) is 0 Å². The van der Waals surface area contributed by atoms with E-state index in [-0.39, 0.29) is 6.61 Å². The third-order valence-electron chi connectivity index (χ3n) is 3.50. The summed E-state index contributed by atoms with van der Waals surface area (Å²) in [4.78, 5) is 7.91. The van der Waals surface area contributed by atoms with E-state index in [1.54, 1.807) is 22.7 Å². The number of benzene rings is 1. The first kappa shape index (κ1) is 16.0. The normalized spacial score (nSPS) is 10.7. The largest absolute Gasteiger partial charge is 0.395 e. The van der Waals surface area contributed by atoms with Crippen LogP contribution in [-0.4, -0.2) is 30.3 Å². The van der Waals surface area contributed by atoms with Gasteiger partial charge in [-0.05, 0) is 35.7 Å². The van der Waals surface area contributed by atoms with Crippen LogP contribution in [0.15, 0.2) is 47.2 Å². The van der Waals surface area contributed by atoms with Crippen LogP contribution in [0.25, 0.3) is 9.88 Å². The van der Waals surface area contributed by atoms with Gasteiger partial charge in [0, 0.05) is 30.3 Å². The number of hydrogen-bond donors (Lipinski definition) is 2. The molecule has 2 aromatic heterocycles. The lowest BCUT2D eigenvalue weighted by Gasteiger charge is -2.18. The second kappa shape index (κ2) is 7.59. The fraction of sp³-hybridized carbons (Fsp3) is 0.235. The summed E-state index contributed by atoms with van der Waals surface area (Å²) in [6, 6.07) is 12.4. The van der Waals surface area contributed by atoms with E-state index in [9.17, 15) is 0 Å². The summed E-state index contributed by atoms with van der Waals surface area (Å²) in [6.07, 6.45) is 0. The summed E-state index contributed by atoms with van der Waals surface area (Å²) < 4.78 is 0. The molecule has 3 aromatic rings. The molecular formula is C17H19N3OS2. The fourth-order valence-electron chi connectivity index (χ4n) is 2.21. The lowest BCUT2D eigenvalue weighted by atomic mass is 10.2. The van der Waals surface area contributed by atoms with Crippen LogP contribution in [0.3, 0.4) is 0 Å². The molecule has 0 spiro atoms. The average molecular weight is 345 g/mol. The zero-order chi connectivity index (χ0) is 16.1. The predicted molar refractivity (Wildman–Crippen MR) is 99.6 cm³/mol. The van der Waals surface area contributed by atoms with E-state index in [0.29, 0.717) is 13.1 Å². The van der Waals surface area contributed by atoms with Crippen LogP contribution < -0.4 is 10.2 Å². The van der Waals surface area contributed by atoms with Gasteiger partial charge in [-0.3, -0.25) is 0 Å². The molecule has 0 saturated carbocycles. The Kier molecular flexibility index (Phi) is 5.27. The van der Waals surface area contributed by atoms with E-state index in [1.165, 1.54) is 4.88 Å². The topological polar surface area (TPSA) is 48.4 Å². The minimum atomic E-state index is 0.160. The highest BCUT2D eigenvalue weighted by Crippen LogP contribution is 2.28. The maximum atomic E-state index is 8.97. The molecule has 0 aliphatic carbocycles. The first-order valence-electron chi connectivity index (χ1n) is 7.40. The number of thiazole rings is 1. The molecule has 2 N–H and O–H groups in total. The quantitative estimate of drug-likeness (QED) is 0.681. The van der Waals surface area contributed by atoms with Crippen molar-refractivity contribution in [3.05, 3.63) is 52.9 Å². The molecule has 0 radical (unpaired) electrons. The van der Waals surface area contributed by atoms with Crippen molar-refractivity contribution < 1.29 is 5.11 Å². The fourth-order valence-corrected chi connectivity index (χ4v) is 3.84. The smallest absolute Gasteiger partial charge is 0.133 e. The summed E-state index contributed by atoms with van der Waals surface area (Å²) >= 11 is 3.40. The number of aromatic nitrogens is 1. The summed E-state index contributed by atoms with van der Waals surface area (Å²) in [5.74, 6) is 0. The van der Waals surface area contributed by atoms with E-state index in [2.05, 4.69) is 57.5 Å². The van der Waals surface area contributed by atoms with Gasteiger partial charge >= 0.3 is 0 Å². The Hall–Kier alpha value is -1.89. The highest BCUT2D eigenvalue weighted by atomic mass is 32.1. The van der Waals surface area contributed by atoms with Gasteiger partial charge in [-0.15, -0.1) is 22.7 Å². The monoisotopic (exact) mass is 345 g/mol. The van der Waals surface area contributed by atoms with E-state index in [0.717, 1.165) is 22.1 Å². The maximum absolute atomic E-state index is 8.97. The Balaban J connectivity index is 1.58. The molecule has 2 heterocycles. The number of nitrogens with zero attached hydrogens (tertiary/aromatic N) is 2. The summed E-state index contributed by atoms with van der Waals surface area (Å²) in [6.45, 7) is 1.51. The number of rotatable bonds is 7. The van der Waals surface area contributed by atoms with Crippen LogP contribution in [-0.2, 0) is 6.54 Å². The third kappa shape index (κ3) is 4.10. The van der Waals surface area contributed by atoms with Crippen LogP contribution >= 0.6 is 22.7 Å². The number of likely N-dealkylation sites (N-methyl/N-ethyl adjacent to an activating group) is 1. The number of hydrogen-bond acceptors (Lipinski definition) is 6. The number of aliphatic hydroxyl groups excluding tert-OH is 1. The van der Waals surface area contributed by atoms with E-state index >= 15 is 0 Å². The number of anilines is 2. The predicted octanol–water partition coefficient (Wildman–Crippen LogP) is 3.91. The second-order valence-electron chi connectivity index (χ2n) is 5.17. The SMILES string of the molecule is CN(CCO)c1ccc(NCc2csc(-c3cccs3)n2)cc1. The van der Waals surface area contributed by atoms with Crippen molar-refractivity contribution in [1.82, 2.24) is 4.98 Å². The lowest BCUT2D eigenvalue weighted by Crippen LogP contribution is -2.20. The molecule has 23 heavy (non-hydrogen) atoms. The standard InChI is InChI=1S/C17H19N3OS2/c1-20(8-9-21)15-6-4-13(5-7-15)18-11-14-12-23-17(19-14)16-3-2-10-22-16/h2-7,10,12,18,21H,8-9,11H2,1H3. The Morgan fingerprint density at radius 2 is 2.00 bits per heavy atom. The van der Waals surface area contributed by atoms with Crippen molar-refractivity contribution >= 4 is 34.0 Å². The number of nitrogens with one attached hydrogen (secondary N) is 1. The second-order valence-corrected chi connectivity index (χ2v) is 6.97. The van der Waals surface area contributed by atoms with Crippen molar-refractivity contribution in [2.45, 2.75) is 6.54 Å². The van der Waals surface area contributed by atoms with E-state index in [1.807, 2.05) is 11.9 Å². The molecule has 1 aromatic carbocycles.